The lowest BCUT2D eigenvalue weighted by atomic mass is 9.96. The van der Waals surface area contributed by atoms with E-state index in [0.717, 1.165) is 65.0 Å². The summed E-state index contributed by atoms with van der Waals surface area (Å²) in [6, 6.07) is 10.1. The molecule has 1 N–H and O–H groups in total. The zero-order chi connectivity index (χ0) is 19.5. The van der Waals surface area contributed by atoms with E-state index in [1.165, 1.54) is 4.88 Å². The molecule has 0 aliphatic carbocycles. The Labute approximate surface area is 168 Å². The number of methoxy groups -OCH3 is 1. The van der Waals surface area contributed by atoms with Gasteiger partial charge in [-0.05, 0) is 36.6 Å². The first-order valence-electron chi connectivity index (χ1n) is 9.12. The van der Waals surface area contributed by atoms with Crippen LogP contribution in [0.15, 0.2) is 36.7 Å². The van der Waals surface area contributed by atoms with Crippen molar-refractivity contribution in [1.82, 2.24) is 14.9 Å². The van der Waals surface area contributed by atoms with Gasteiger partial charge in [-0.2, -0.15) is 5.26 Å². The average molecular weight is 392 g/mol. The second kappa shape index (κ2) is 7.97. The molecule has 3 heterocycles. The minimum Gasteiger partial charge on any atom is -0.495 e. The van der Waals surface area contributed by atoms with Crippen LogP contribution < -0.4 is 10.1 Å². The number of nitrogens with zero attached hydrogens (tertiary/aromatic N) is 4. The molecule has 1 aliphatic rings. The molecular weight excluding hydrogens is 370 g/mol. The Hall–Kier alpha value is -2.95. The number of aryl methyl sites for hydroxylation is 1. The van der Waals surface area contributed by atoms with Crippen molar-refractivity contribution in [2.24, 2.45) is 0 Å². The number of pyridine rings is 1. The summed E-state index contributed by atoms with van der Waals surface area (Å²) in [7, 11) is 1.66. The van der Waals surface area contributed by atoms with Crippen LogP contribution in [0.4, 0.5) is 10.8 Å². The van der Waals surface area contributed by atoms with Crippen LogP contribution in [0.25, 0.3) is 0 Å². The largest absolute Gasteiger partial charge is 0.495 e. The average Bonchev–Trinajstić information content (AvgIpc) is 3.15. The molecular formula is C21H21N5OS. The molecule has 3 aromatic rings. The van der Waals surface area contributed by atoms with Crippen LogP contribution in [0.1, 0.15) is 27.3 Å². The van der Waals surface area contributed by atoms with Gasteiger partial charge in [0.1, 0.15) is 11.8 Å². The molecule has 0 saturated heterocycles. The second-order valence-corrected chi connectivity index (χ2v) is 7.87. The molecule has 142 valence electrons. The quantitative estimate of drug-likeness (QED) is 0.708. The maximum atomic E-state index is 9.41. The van der Waals surface area contributed by atoms with Gasteiger partial charge in [0.15, 0.2) is 5.13 Å². The molecule has 0 bridgehead atoms. The molecule has 0 unspecified atom stereocenters. The van der Waals surface area contributed by atoms with Crippen LogP contribution in [0.3, 0.4) is 0 Å². The van der Waals surface area contributed by atoms with Crippen molar-refractivity contribution in [3.8, 4) is 11.8 Å². The minimum absolute atomic E-state index is 0.748. The maximum absolute atomic E-state index is 9.41. The van der Waals surface area contributed by atoms with Crippen molar-refractivity contribution in [3.05, 3.63) is 63.9 Å². The van der Waals surface area contributed by atoms with Gasteiger partial charge in [-0.15, -0.1) is 11.3 Å². The lowest BCUT2D eigenvalue weighted by Crippen LogP contribution is -2.30. The molecule has 4 rings (SSSR count). The van der Waals surface area contributed by atoms with Crippen LogP contribution in [0.5, 0.6) is 5.75 Å². The number of nitriles is 1. The number of fused-ring (bicyclic) bond motifs is 1. The van der Waals surface area contributed by atoms with Crippen molar-refractivity contribution in [2.45, 2.75) is 26.4 Å². The highest BCUT2D eigenvalue weighted by Gasteiger charge is 2.21. The van der Waals surface area contributed by atoms with Gasteiger partial charge in [-0.25, -0.2) is 4.98 Å². The van der Waals surface area contributed by atoms with E-state index in [-0.39, 0.29) is 0 Å². The Morgan fingerprint density at radius 2 is 2.14 bits per heavy atom. The molecule has 0 atom stereocenters. The zero-order valence-corrected chi connectivity index (χ0v) is 16.7. The number of hydrogen-bond acceptors (Lipinski definition) is 7. The molecule has 1 aliphatic heterocycles. The Balaban J connectivity index is 1.44. The van der Waals surface area contributed by atoms with E-state index in [2.05, 4.69) is 26.3 Å². The Kier molecular flexibility index (Phi) is 5.24. The van der Waals surface area contributed by atoms with Crippen molar-refractivity contribution >= 4 is 22.2 Å². The summed E-state index contributed by atoms with van der Waals surface area (Å²) in [5, 5.41) is 13.6. The van der Waals surface area contributed by atoms with Gasteiger partial charge < -0.3 is 10.1 Å². The smallest absolute Gasteiger partial charge is 0.187 e. The third kappa shape index (κ3) is 3.70. The molecule has 0 saturated carbocycles. The third-order valence-corrected chi connectivity index (χ3v) is 5.83. The molecule has 0 amide bonds. The van der Waals surface area contributed by atoms with E-state index in [1.54, 1.807) is 18.4 Å². The molecule has 0 fully saturated rings. The molecule has 6 nitrogen and oxygen atoms in total. The van der Waals surface area contributed by atoms with Crippen LogP contribution in [0, 0.1) is 18.3 Å². The number of anilines is 2. The molecule has 0 radical (unpaired) electrons. The highest BCUT2D eigenvalue weighted by molar-refractivity contribution is 7.15. The number of hydrogen-bond donors (Lipinski definition) is 1. The lowest BCUT2D eigenvalue weighted by molar-refractivity contribution is 0.247. The van der Waals surface area contributed by atoms with Gasteiger partial charge in [-0.1, -0.05) is 12.1 Å². The molecule has 2 aromatic heterocycles. The number of benzene rings is 1. The van der Waals surface area contributed by atoms with E-state index in [0.29, 0.717) is 0 Å². The summed E-state index contributed by atoms with van der Waals surface area (Å²) in [6.45, 7) is 4.47. The van der Waals surface area contributed by atoms with Crippen molar-refractivity contribution < 1.29 is 4.74 Å². The van der Waals surface area contributed by atoms with Gasteiger partial charge in [-0.3, -0.25) is 9.88 Å². The van der Waals surface area contributed by atoms with E-state index < -0.39 is 0 Å². The summed E-state index contributed by atoms with van der Waals surface area (Å²) in [6.07, 6.45) is 4.72. The standard InChI is InChI=1S/C21H21N5OS/c1-14-18(9-22)17-7-8-26(12-15(17)10-23-14)13-16-11-24-21(28-16)25-19-5-3-4-6-20(19)27-2/h3-6,10-11H,7-8,12-13H2,1-2H3,(H,24,25). The first-order chi connectivity index (χ1) is 13.7. The summed E-state index contributed by atoms with van der Waals surface area (Å²) >= 11 is 1.64. The third-order valence-electron chi connectivity index (χ3n) is 4.93. The number of rotatable bonds is 5. The Morgan fingerprint density at radius 1 is 1.29 bits per heavy atom. The summed E-state index contributed by atoms with van der Waals surface area (Å²) < 4.78 is 5.38. The topological polar surface area (TPSA) is 74.1 Å². The van der Waals surface area contributed by atoms with E-state index in [9.17, 15) is 5.26 Å². The second-order valence-electron chi connectivity index (χ2n) is 6.75. The minimum atomic E-state index is 0.748. The lowest BCUT2D eigenvalue weighted by Gasteiger charge is -2.28. The zero-order valence-electron chi connectivity index (χ0n) is 15.9. The monoisotopic (exact) mass is 391 g/mol. The molecule has 28 heavy (non-hydrogen) atoms. The summed E-state index contributed by atoms with van der Waals surface area (Å²) in [5.41, 5.74) is 4.80. The Morgan fingerprint density at radius 3 is 2.96 bits per heavy atom. The van der Waals surface area contributed by atoms with Gasteiger partial charge in [0.05, 0.1) is 24.1 Å². The highest BCUT2D eigenvalue weighted by atomic mass is 32.1. The number of ether oxygens (including phenoxy) is 1. The fraction of sp³-hybridized carbons (Fsp3) is 0.286. The van der Waals surface area contributed by atoms with E-state index in [4.69, 9.17) is 4.74 Å². The SMILES string of the molecule is COc1ccccc1Nc1ncc(CN2CCc3c(cnc(C)c3C#N)C2)s1. The van der Waals surface area contributed by atoms with Crippen LogP contribution in [0.2, 0.25) is 0 Å². The van der Waals surface area contributed by atoms with Gasteiger partial charge in [0.2, 0.25) is 0 Å². The van der Waals surface area contributed by atoms with Crippen LogP contribution >= 0.6 is 11.3 Å². The van der Waals surface area contributed by atoms with E-state index >= 15 is 0 Å². The summed E-state index contributed by atoms with van der Waals surface area (Å²) in [5.74, 6) is 0.794. The first kappa shape index (κ1) is 18.4. The van der Waals surface area contributed by atoms with E-state index in [1.807, 2.05) is 43.6 Å². The molecule has 7 heteroatoms. The molecule has 0 spiro atoms. The number of thiazole rings is 1. The number of para-hydroxylation sites is 2. The van der Waals surface area contributed by atoms with Gasteiger partial charge >= 0.3 is 0 Å². The fourth-order valence-corrected chi connectivity index (χ4v) is 4.38. The number of aromatic nitrogens is 2. The maximum Gasteiger partial charge on any atom is 0.187 e. The first-order valence-corrected chi connectivity index (χ1v) is 9.94. The highest BCUT2D eigenvalue weighted by Crippen LogP contribution is 2.30. The fourth-order valence-electron chi connectivity index (χ4n) is 3.51. The van der Waals surface area contributed by atoms with Gasteiger partial charge in [0, 0.05) is 36.9 Å². The predicted molar refractivity (Wildman–Crippen MR) is 110 cm³/mol. The van der Waals surface area contributed by atoms with Crippen LogP contribution in [-0.4, -0.2) is 28.5 Å². The van der Waals surface area contributed by atoms with Crippen molar-refractivity contribution in [3.63, 3.8) is 0 Å². The Bertz CT molecular complexity index is 1040. The van der Waals surface area contributed by atoms with Crippen molar-refractivity contribution in [1.29, 1.82) is 5.26 Å². The van der Waals surface area contributed by atoms with Crippen LogP contribution in [-0.2, 0) is 19.5 Å². The van der Waals surface area contributed by atoms with Crippen molar-refractivity contribution in [2.75, 3.05) is 19.0 Å². The predicted octanol–water partition coefficient (Wildman–Crippen LogP) is 4.03. The van der Waals surface area contributed by atoms with Gasteiger partial charge in [0.25, 0.3) is 0 Å². The summed E-state index contributed by atoms with van der Waals surface area (Å²) in [4.78, 5) is 12.5. The normalized spacial score (nSPS) is 13.6. The molecule has 1 aromatic carbocycles. The number of nitrogens with one attached hydrogen (secondary N) is 1.